The Hall–Kier alpha value is -4.57. The number of ether oxygens (including phenoxy) is 3. The molecule has 0 bridgehead atoms. The molecule has 1 atom stereocenters. The summed E-state index contributed by atoms with van der Waals surface area (Å²) in [6.07, 6.45) is -0.325. The maximum atomic E-state index is 13.5. The fourth-order valence-electron chi connectivity index (χ4n) is 5.79. The van der Waals surface area contributed by atoms with E-state index in [1.165, 1.54) is 7.11 Å². The van der Waals surface area contributed by atoms with Gasteiger partial charge in [0, 0.05) is 23.5 Å². The van der Waals surface area contributed by atoms with E-state index in [4.69, 9.17) is 18.6 Å². The molecular weight excluding hydrogens is 625 g/mol. The number of nitrogens with zero attached hydrogens (tertiary/aromatic N) is 1. The number of aromatic amines is 1. The monoisotopic (exact) mass is 672 g/mol. The quantitative estimate of drug-likeness (QED) is 0.118. The fourth-order valence-corrected chi connectivity index (χ4v) is 10.2. The summed E-state index contributed by atoms with van der Waals surface area (Å²) in [6, 6.07) is 25.1. The van der Waals surface area contributed by atoms with E-state index in [1.54, 1.807) is 47.7 Å². The van der Waals surface area contributed by atoms with Gasteiger partial charge in [-0.1, -0.05) is 81.4 Å². The summed E-state index contributed by atoms with van der Waals surface area (Å²) in [6.45, 7) is 16.7. The highest BCUT2D eigenvalue weighted by atomic mass is 28.4. The summed E-state index contributed by atoms with van der Waals surface area (Å²) >= 11 is 0. The molecular formula is C38H48N2O7Si. The first kappa shape index (κ1) is 36.3. The van der Waals surface area contributed by atoms with Crippen molar-refractivity contribution in [3.05, 3.63) is 90.6 Å². The second-order valence-corrected chi connectivity index (χ2v) is 19.1. The summed E-state index contributed by atoms with van der Waals surface area (Å²) in [7, 11) is -1.73. The highest BCUT2D eigenvalue weighted by Gasteiger charge is 2.52. The number of imide groups is 1. The Balaban J connectivity index is 1.82. The molecule has 0 saturated carbocycles. The van der Waals surface area contributed by atoms with Gasteiger partial charge in [0.05, 0.1) is 7.11 Å². The maximum Gasteiger partial charge on any atom is 0.420 e. The van der Waals surface area contributed by atoms with Crippen LogP contribution < -0.4 is 14.8 Å². The van der Waals surface area contributed by atoms with Crippen molar-refractivity contribution in [3.8, 4) is 5.75 Å². The van der Waals surface area contributed by atoms with Gasteiger partial charge < -0.3 is 23.6 Å². The first-order chi connectivity index (χ1) is 22.4. The normalized spacial score (nSPS) is 13.0. The van der Waals surface area contributed by atoms with Gasteiger partial charge in [-0.15, -0.1) is 0 Å². The SMILES string of the molecule is COC(=O)[C@H](Cc1c[nH]c2ccc(O[Si](c3ccccc3)(c3ccccc3)C(C)(C)C)cc12)N(C(=O)OC(C)(C)C)C(=O)OC(C)(C)C. The Labute approximate surface area is 284 Å². The number of hydrogen-bond donors (Lipinski definition) is 1. The molecule has 0 saturated heterocycles. The lowest BCUT2D eigenvalue weighted by Gasteiger charge is -2.43. The zero-order valence-electron chi connectivity index (χ0n) is 29.7. The first-order valence-electron chi connectivity index (χ1n) is 16.1. The van der Waals surface area contributed by atoms with Crippen LogP contribution in [0.2, 0.25) is 5.04 Å². The number of nitrogens with one attached hydrogen (secondary N) is 1. The molecule has 256 valence electrons. The standard InChI is InChI=1S/C38H48N2O7Si/c1-36(2,3)45-34(42)40(35(43)46-37(4,5)6)32(33(41)44-10)23-26-25-39-31-22-21-27(24-30(26)31)47-48(38(7,8)9,28-17-13-11-14-18-28)29-19-15-12-16-20-29/h11-22,24-25,32,39H,23H2,1-10H3/t32-/m0/s1. The van der Waals surface area contributed by atoms with Crippen molar-refractivity contribution >= 4 is 47.7 Å². The maximum absolute atomic E-state index is 13.5. The molecule has 1 aromatic heterocycles. The average Bonchev–Trinajstić information content (AvgIpc) is 3.39. The van der Waals surface area contributed by atoms with Crippen molar-refractivity contribution in [2.75, 3.05) is 7.11 Å². The number of carbonyl (C=O) groups is 3. The molecule has 1 N–H and O–H groups in total. The third-order valence-electron chi connectivity index (χ3n) is 7.81. The summed E-state index contributed by atoms with van der Waals surface area (Å²) < 4.78 is 23.5. The van der Waals surface area contributed by atoms with Gasteiger partial charge in [-0.05, 0) is 80.7 Å². The average molecular weight is 673 g/mol. The number of fused-ring (bicyclic) bond motifs is 1. The third kappa shape index (κ3) is 8.10. The van der Waals surface area contributed by atoms with Crippen LogP contribution in [-0.2, 0) is 25.4 Å². The van der Waals surface area contributed by atoms with E-state index in [1.807, 2.05) is 54.6 Å². The summed E-state index contributed by atoms with van der Waals surface area (Å²) in [4.78, 5) is 44.3. The molecule has 9 nitrogen and oxygen atoms in total. The third-order valence-corrected chi connectivity index (χ3v) is 12.8. The van der Waals surface area contributed by atoms with E-state index in [0.717, 1.165) is 21.3 Å². The van der Waals surface area contributed by atoms with Gasteiger partial charge in [0.15, 0.2) is 0 Å². The number of rotatable bonds is 8. The van der Waals surface area contributed by atoms with E-state index < -0.39 is 43.7 Å². The van der Waals surface area contributed by atoms with E-state index in [9.17, 15) is 14.4 Å². The number of amides is 2. The van der Waals surface area contributed by atoms with Crippen LogP contribution in [0.4, 0.5) is 9.59 Å². The minimum Gasteiger partial charge on any atom is -0.534 e. The number of carbonyl (C=O) groups excluding carboxylic acids is 3. The zero-order valence-corrected chi connectivity index (χ0v) is 30.7. The first-order valence-corrected chi connectivity index (χ1v) is 18.0. The zero-order chi connectivity index (χ0) is 35.5. The number of methoxy groups -OCH3 is 1. The Bertz CT molecular complexity index is 1660. The van der Waals surface area contributed by atoms with E-state index in [2.05, 4.69) is 50.0 Å². The second-order valence-electron chi connectivity index (χ2n) is 14.9. The number of esters is 1. The molecule has 4 aromatic rings. The lowest BCUT2D eigenvalue weighted by atomic mass is 10.0. The largest absolute Gasteiger partial charge is 0.534 e. The van der Waals surface area contributed by atoms with Crippen molar-refractivity contribution in [3.63, 3.8) is 0 Å². The molecule has 4 rings (SSSR count). The molecule has 0 fully saturated rings. The van der Waals surface area contributed by atoms with Crippen molar-refractivity contribution in [1.82, 2.24) is 9.88 Å². The van der Waals surface area contributed by atoms with Gasteiger partial charge in [0.25, 0.3) is 0 Å². The van der Waals surface area contributed by atoms with Crippen LogP contribution in [-0.4, -0.2) is 60.7 Å². The minimum absolute atomic E-state index is 0.0617. The van der Waals surface area contributed by atoms with Gasteiger partial charge in [0.2, 0.25) is 0 Å². The van der Waals surface area contributed by atoms with Crippen LogP contribution in [0.1, 0.15) is 67.9 Å². The number of benzene rings is 3. The van der Waals surface area contributed by atoms with Gasteiger partial charge in [-0.25, -0.2) is 14.4 Å². The van der Waals surface area contributed by atoms with Crippen molar-refractivity contribution < 1.29 is 33.0 Å². The topological polar surface area (TPSA) is 107 Å². The Morgan fingerprint density at radius 1 is 0.750 bits per heavy atom. The van der Waals surface area contributed by atoms with Crippen LogP contribution in [0.25, 0.3) is 10.9 Å². The van der Waals surface area contributed by atoms with Gasteiger partial charge in [-0.3, -0.25) is 0 Å². The molecule has 3 aromatic carbocycles. The fraction of sp³-hybridized carbons (Fsp3) is 0.395. The highest BCUT2D eigenvalue weighted by Crippen LogP contribution is 2.38. The molecule has 0 aliphatic rings. The van der Waals surface area contributed by atoms with E-state index >= 15 is 0 Å². The summed E-state index contributed by atoms with van der Waals surface area (Å²) in [5.74, 6) is -0.135. The molecule has 10 heteroatoms. The summed E-state index contributed by atoms with van der Waals surface area (Å²) in [5.41, 5.74) is -0.410. The Morgan fingerprint density at radius 2 is 1.25 bits per heavy atom. The smallest absolute Gasteiger partial charge is 0.420 e. The highest BCUT2D eigenvalue weighted by molar-refractivity contribution is 7.00. The number of aromatic nitrogens is 1. The lowest BCUT2D eigenvalue weighted by Crippen LogP contribution is -2.68. The molecule has 2 amide bonds. The Morgan fingerprint density at radius 3 is 1.69 bits per heavy atom. The predicted molar refractivity (Wildman–Crippen MR) is 190 cm³/mol. The van der Waals surface area contributed by atoms with Crippen LogP contribution in [0.5, 0.6) is 5.75 Å². The van der Waals surface area contributed by atoms with Crippen molar-refractivity contribution in [2.24, 2.45) is 0 Å². The molecule has 0 aliphatic heterocycles. The van der Waals surface area contributed by atoms with Gasteiger partial charge in [0.1, 0.15) is 23.0 Å². The van der Waals surface area contributed by atoms with Gasteiger partial charge in [-0.2, -0.15) is 4.90 Å². The van der Waals surface area contributed by atoms with Crippen LogP contribution in [0.3, 0.4) is 0 Å². The molecule has 1 heterocycles. The van der Waals surface area contributed by atoms with E-state index in [0.29, 0.717) is 16.2 Å². The van der Waals surface area contributed by atoms with Crippen molar-refractivity contribution in [1.29, 1.82) is 0 Å². The van der Waals surface area contributed by atoms with Crippen LogP contribution >= 0.6 is 0 Å². The lowest BCUT2D eigenvalue weighted by molar-refractivity contribution is -0.146. The van der Waals surface area contributed by atoms with Crippen LogP contribution in [0.15, 0.2) is 85.1 Å². The molecule has 0 radical (unpaired) electrons. The molecule has 0 unspecified atom stereocenters. The van der Waals surface area contributed by atoms with Crippen molar-refractivity contribution in [2.45, 2.75) is 91.0 Å². The summed E-state index contributed by atoms with van der Waals surface area (Å²) in [5, 5.41) is 2.78. The van der Waals surface area contributed by atoms with Gasteiger partial charge >= 0.3 is 26.5 Å². The molecule has 0 spiro atoms. The molecule has 48 heavy (non-hydrogen) atoms. The number of H-pyrrole nitrogens is 1. The second kappa shape index (κ2) is 13.9. The van der Waals surface area contributed by atoms with E-state index in [-0.39, 0.29) is 11.5 Å². The van der Waals surface area contributed by atoms with Crippen LogP contribution in [0, 0.1) is 0 Å². The molecule has 0 aliphatic carbocycles. The number of hydrogen-bond acceptors (Lipinski definition) is 7. The minimum atomic E-state index is -2.94. The predicted octanol–water partition coefficient (Wildman–Crippen LogP) is 7.36. The Kier molecular flexibility index (Phi) is 10.5.